The molecule has 1 N–H and O–H groups in total. The van der Waals surface area contributed by atoms with Crippen molar-refractivity contribution in [2.45, 2.75) is 12.5 Å². The van der Waals surface area contributed by atoms with Crippen molar-refractivity contribution in [2.24, 2.45) is 0 Å². The Morgan fingerprint density at radius 1 is 1.26 bits per heavy atom. The van der Waals surface area contributed by atoms with E-state index >= 15 is 0 Å². The molecule has 0 aliphatic carbocycles. The summed E-state index contributed by atoms with van der Waals surface area (Å²) in [5, 5.41) is 2.77. The summed E-state index contributed by atoms with van der Waals surface area (Å²) in [6.07, 6.45) is 0.504. The van der Waals surface area contributed by atoms with Gasteiger partial charge in [-0.15, -0.1) is 0 Å². The van der Waals surface area contributed by atoms with Crippen molar-refractivity contribution in [2.75, 3.05) is 30.5 Å². The average Bonchev–Trinajstić information content (AvgIpc) is 2.68. The van der Waals surface area contributed by atoms with Crippen molar-refractivity contribution in [1.82, 2.24) is 5.32 Å². The van der Waals surface area contributed by atoms with E-state index in [1.807, 2.05) is 31.1 Å². The van der Waals surface area contributed by atoms with Crippen molar-refractivity contribution in [3.8, 4) is 0 Å². The van der Waals surface area contributed by atoms with Crippen LogP contribution in [0.2, 0.25) is 0 Å². The number of hydrogen-bond donors (Lipinski definition) is 1. The zero-order valence-corrected chi connectivity index (χ0v) is 11.9. The normalized spacial score (nSPS) is 21.1. The Hall–Kier alpha value is -1.56. The van der Waals surface area contributed by atoms with Crippen molar-refractivity contribution in [3.63, 3.8) is 0 Å². The lowest BCUT2D eigenvalue weighted by Crippen LogP contribution is -2.35. The second kappa shape index (κ2) is 5.21. The highest BCUT2D eigenvalue weighted by molar-refractivity contribution is 7.91. The van der Waals surface area contributed by atoms with Gasteiger partial charge in [-0.05, 0) is 30.7 Å². The Labute approximate surface area is 113 Å². The number of amides is 1. The number of nitrogens with zero attached hydrogens (tertiary/aromatic N) is 1. The third kappa shape index (κ3) is 3.47. The second-order valence-corrected chi connectivity index (χ2v) is 7.24. The van der Waals surface area contributed by atoms with Crippen LogP contribution in [0.25, 0.3) is 0 Å². The van der Waals surface area contributed by atoms with E-state index < -0.39 is 9.84 Å². The van der Waals surface area contributed by atoms with Gasteiger partial charge in [0.25, 0.3) is 5.91 Å². The van der Waals surface area contributed by atoms with Crippen LogP contribution in [-0.2, 0) is 9.84 Å². The fraction of sp³-hybridized carbons (Fsp3) is 0.462. The van der Waals surface area contributed by atoms with E-state index in [0.717, 1.165) is 5.69 Å². The molecule has 104 valence electrons. The third-order valence-electron chi connectivity index (χ3n) is 3.21. The van der Waals surface area contributed by atoms with Gasteiger partial charge in [0.15, 0.2) is 9.84 Å². The molecular formula is C13H18N2O3S. The Balaban J connectivity index is 2.00. The first-order valence-electron chi connectivity index (χ1n) is 6.16. The van der Waals surface area contributed by atoms with E-state index in [1.54, 1.807) is 12.1 Å². The van der Waals surface area contributed by atoms with Crippen LogP contribution in [-0.4, -0.2) is 46.0 Å². The number of carbonyl (C=O) groups excluding carboxylic acids is 1. The molecule has 1 heterocycles. The Morgan fingerprint density at radius 2 is 1.89 bits per heavy atom. The molecule has 0 spiro atoms. The van der Waals surface area contributed by atoms with Gasteiger partial charge in [-0.1, -0.05) is 0 Å². The number of anilines is 1. The van der Waals surface area contributed by atoms with E-state index in [2.05, 4.69) is 5.32 Å². The van der Waals surface area contributed by atoms with Crippen LogP contribution in [0.1, 0.15) is 16.8 Å². The van der Waals surface area contributed by atoms with Crippen molar-refractivity contribution in [1.29, 1.82) is 0 Å². The topological polar surface area (TPSA) is 66.5 Å². The fourth-order valence-electron chi connectivity index (χ4n) is 2.09. The first-order chi connectivity index (χ1) is 8.87. The van der Waals surface area contributed by atoms with Crippen LogP contribution < -0.4 is 10.2 Å². The third-order valence-corrected chi connectivity index (χ3v) is 4.98. The van der Waals surface area contributed by atoms with Crippen LogP contribution in [0.4, 0.5) is 5.69 Å². The van der Waals surface area contributed by atoms with Gasteiger partial charge in [-0.2, -0.15) is 0 Å². The van der Waals surface area contributed by atoms with Crippen LogP contribution in [0, 0.1) is 0 Å². The number of nitrogens with one attached hydrogen (secondary N) is 1. The van der Waals surface area contributed by atoms with Gasteiger partial charge in [-0.25, -0.2) is 8.42 Å². The molecule has 0 saturated carbocycles. The summed E-state index contributed by atoms with van der Waals surface area (Å²) in [5.74, 6) is -0.00104. The molecule has 19 heavy (non-hydrogen) atoms. The molecule has 0 radical (unpaired) electrons. The molecule has 5 nitrogen and oxygen atoms in total. The van der Waals surface area contributed by atoms with Gasteiger partial charge >= 0.3 is 0 Å². The average molecular weight is 282 g/mol. The van der Waals surface area contributed by atoms with Crippen LogP contribution in [0.15, 0.2) is 24.3 Å². The molecule has 1 aromatic rings. The Bertz CT molecular complexity index is 564. The van der Waals surface area contributed by atoms with E-state index in [1.165, 1.54) is 0 Å². The Morgan fingerprint density at radius 3 is 2.37 bits per heavy atom. The molecule has 1 aromatic carbocycles. The summed E-state index contributed by atoms with van der Waals surface area (Å²) < 4.78 is 22.6. The molecule has 1 unspecified atom stereocenters. The molecule has 0 bridgehead atoms. The van der Waals surface area contributed by atoms with Crippen molar-refractivity contribution < 1.29 is 13.2 Å². The van der Waals surface area contributed by atoms with Gasteiger partial charge in [-0.3, -0.25) is 4.79 Å². The minimum Gasteiger partial charge on any atom is -0.378 e. The number of benzene rings is 1. The van der Waals surface area contributed by atoms with E-state index in [4.69, 9.17) is 0 Å². The first kappa shape index (κ1) is 13.9. The predicted octanol–water partition coefficient (Wildman–Crippen LogP) is 0.669. The minimum atomic E-state index is -2.96. The van der Waals surface area contributed by atoms with E-state index in [9.17, 15) is 13.2 Å². The lowest BCUT2D eigenvalue weighted by molar-refractivity contribution is 0.0941. The highest BCUT2D eigenvalue weighted by Gasteiger charge is 2.29. The summed E-state index contributed by atoms with van der Waals surface area (Å²) in [7, 11) is 0.895. The molecule has 1 amide bonds. The standard InChI is InChI=1S/C13H18N2O3S/c1-15(2)12-5-3-10(4-6-12)13(16)14-11-7-8-19(17,18)9-11/h3-6,11H,7-9H2,1-2H3,(H,14,16). The molecule has 1 aliphatic heterocycles. The largest absolute Gasteiger partial charge is 0.378 e. The van der Waals surface area contributed by atoms with Gasteiger partial charge < -0.3 is 10.2 Å². The highest BCUT2D eigenvalue weighted by atomic mass is 32.2. The molecule has 2 rings (SSSR count). The summed E-state index contributed by atoms with van der Waals surface area (Å²) in [4.78, 5) is 13.9. The molecule has 1 atom stereocenters. The maximum absolute atomic E-state index is 12.0. The van der Waals surface area contributed by atoms with Crippen molar-refractivity contribution >= 4 is 21.4 Å². The van der Waals surface area contributed by atoms with Gasteiger partial charge in [0.05, 0.1) is 11.5 Å². The maximum Gasteiger partial charge on any atom is 0.251 e. The van der Waals surface area contributed by atoms with Gasteiger partial charge in [0.2, 0.25) is 0 Å². The molecule has 6 heteroatoms. The lowest BCUT2D eigenvalue weighted by Gasteiger charge is -2.14. The lowest BCUT2D eigenvalue weighted by atomic mass is 10.1. The fourth-order valence-corrected chi connectivity index (χ4v) is 3.76. The quantitative estimate of drug-likeness (QED) is 0.885. The monoisotopic (exact) mass is 282 g/mol. The zero-order valence-electron chi connectivity index (χ0n) is 11.1. The smallest absolute Gasteiger partial charge is 0.251 e. The maximum atomic E-state index is 12.0. The number of sulfone groups is 1. The number of rotatable bonds is 3. The van der Waals surface area contributed by atoms with Gasteiger partial charge in [0.1, 0.15) is 0 Å². The summed E-state index contributed by atoms with van der Waals surface area (Å²) >= 11 is 0. The molecule has 0 aromatic heterocycles. The van der Waals surface area contributed by atoms with Crippen LogP contribution in [0.3, 0.4) is 0 Å². The minimum absolute atomic E-state index is 0.0501. The molecule has 1 saturated heterocycles. The SMILES string of the molecule is CN(C)c1ccc(C(=O)NC2CCS(=O)(=O)C2)cc1. The predicted molar refractivity (Wildman–Crippen MR) is 75.3 cm³/mol. The van der Waals surface area contributed by atoms with E-state index in [0.29, 0.717) is 12.0 Å². The van der Waals surface area contributed by atoms with Crippen LogP contribution >= 0.6 is 0 Å². The summed E-state index contributed by atoms with van der Waals surface area (Å²) in [6.45, 7) is 0. The molecule has 1 aliphatic rings. The summed E-state index contributed by atoms with van der Waals surface area (Å²) in [5.41, 5.74) is 1.56. The van der Waals surface area contributed by atoms with Crippen LogP contribution in [0.5, 0.6) is 0 Å². The highest BCUT2D eigenvalue weighted by Crippen LogP contribution is 2.14. The molecular weight excluding hydrogens is 264 g/mol. The zero-order chi connectivity index (χ0) is 14.0. The molecule has 1 fully saturated rings. The van der Waals surface area contributed by atoms with E-state index in [-0.39, 0.29) is 23.5 Å². The van der Waals surface area contributed by atoms with Gasteiger partial charge in [0, 0.05) is 31.4 Å². The first-order valence-corrected chi connectivity index (χ1v) is 7.98. The summed E-state index contributed by atoms with van der Waals surface area (Å²) in [6, 6.07) is 6.95. The Kier molecular flexibility index (Phi) is 3.80. The second-order valence-electron chi connectivity index (χ2n) is 5.01. The van der Waals surface area contributed by atoms with Crippen molar-refractivity contribution in [3.05, 3.63) is 29.8 Å². The number of carbonyl (C=O) groups is 1. The number of hydrogen-bond acceptors (Lipinski definition) is 4.